The summed E-state index contributed by atoms with van der Waals surface area (Å²) in [6.07, 6.45) is 1.32. The maximum Gasteiger partial charge on any atom is 0.272 e. The summed E-state index contributed by atoms with van der Waals surface area (Å²) < 4.78 is 5.68. The molecular formula is C15H14N2O5. The van der Waals surface area contributed by atoms with Gasteiger partial charge in [-0.05, 0) is 31.9 Å². The van der Waals surface area contributed by atoms with Crippen LogP contribution in [0.1, 0.15) is 18.4 Å². The van der Waals surface area contributed by atoms with Crippen LogP contribution in [0.15, 0.2) is 18.2 Å². The maximum absolute atomic E-state index is 12.6. The molecule has 3 saturated heterocycles. The molecule has 22 heavy (non-hydrogen) atoms. The minimum atomic E-state index is -0.477. The SMILES string of the molecule is Cc1cc(N2C(=O)[C@@H]3[C@H](C2=O)[C@H]2CC[C@@H]3O2)ccc1[N+](=O)[O-]. The average molecular weight is 302 g/mol. The molecule has 0 unspecified atom stereocenters. The third-order valence-electron chi connectivity index (χ3n) is 4.92. The Bertz CT molecular complexity index is 688. The first-order valence-electron chi connectivity index (χ1n) is 7.27. The number of carbonyl (C=O) groups excluding carboxylic acids is 2. The number of aryl methyl sites for hydroxylation is 1. The van der Waals surface area contributed by atoms with Gasteiger partial charge in [0.1, 0.15) is 0 Å². The smallest absolute Gasteiger partial charge is 0.272 e. The van der Waals surface area contributed by atoms with Gasteiger partial charge in [-0.2, -0.15) is 0 Å². The average Bonchev–Trinajstić information content (AvgIpc) is 3.12. The van der Waals surface area contributed by atoms with Gasteiger partial charge in [-0.1, -0.05) is 0 Å². The van der Waals surface area contributed by atoms with Crippen molar-refractivity contribution in [2.24, 2.45) is 11.8 Å². The van der Waals surface area contributed by atoms with Crippen LogP contribution in [0.25, 0.3) is 0 Å². The summed E-state index contributed by atoms with van der Waals surface area (Å²) in [6, 6.07) is 4.33. The summed E-state index contributed by atoms with van der Waals surface area (Å²) in [5.41, 5.74) is 0.817. The lowest BCUT2D eigenvalue weighted by Crippen LogP contribution is -2.34. The fourth-order valence-corrected chi connectivity index (χ4v) is 3.95. The lowest BCUT2D eigenvalue weighted by molar-refractivity contribution is -0.385. The van der Waals surface area contributed by atoms with E-state index in [9.17, 15) is 19.7 Å². The molecule has 7 heteroatoms. The van der Waals surface area contributed by atoms with Crippen LogP contribution < -0.4 is 4.90 Å². The fraction of sp³-hybridized carbons (Fsp3) is 0.467. The Morgan fingerprint density at radius 3 is 2.27 bits per heavy atom. The standard InChI is InChI=1S/C15H14N2O5/c1-7-6-8(2-3-9(7)17(20)21)16-14(18)12-10-4-5-11(22-10)13(12)15(16)19/h2-3,6,10-13H,4-5H2,1H3/t10-,11+,12-,13+. The zero-order valence-electron chi connectivity index (χ0n) is 11.9. The highest BCUT2D eigenvalue weighted by molar-refractivity contribution is 6.22. The number of ether oxygens (including phenoxy) is 1. The van der Waals surface area contributed by atoms with Gasteiger partial charge in [-0.3, -0.25) is 19.7 Å². The molecule has 3 aliphatic heterocycles. The molecule has 0 radical (unpaired) electrons. The van der Waals surface area contributed by atoms with Crippen LogP contribution in [-0.4, -0.2) is 28.9 Å². The van der Waals surface area contributed by atoms with Crippen LogP contribution in [0.4, 0.5) is 11.4 Å². The first-order chi connectivity index (χ1) is 10.5. The summed E-state index contributed by atoms with van der Waals surface area (Å²) in [7, 11) is 0. The number of fused-ring (bicyclic) bond motifs is 5. The molecule has 1 aromatic carbocycles. The van der Waals surface area contributed by atoms with Gasteiger partial charge in [0, 0.05) is 11.6 Å². The zero-order valence-corrected chi connectivity index (χ0v) is 11.9. The van der Waals surface area contributed by atoms with E-state index in [4.69, 9.17) is 4.74 Å². The van der Waals surface area contributed by atoms with Gasteiger partial charge in [-0.15, -0.1) is 0 Å². The summed E-state index contributed by atoms with van der Waals surface area (Å²) >= 11 is 0. The van der Waals surface area contributed by atoms with Gasteiger partial charge in [0.05, 0.1) is 34.7 Å². The van der Waals surface area contributed by atoms with Crippen LogP contribution in [-0.2, 0) is 14.3 Å². The van der Waals surface area contributed by atoms with E-state index in [1.807, 2.05) is 0 Å². The van der Waals surface area contributed by atoms with E-state index < -0.39 is 4.92 Å². The number of nitrogens with zero attached hydrogens (tertiary/aromatic N) is 2. The predicted octanol–water partition coefficient (Wildman–Crippen LogP) is 1.57. The van der Waals surface area contributed by atoms with Gasteiger partial charge in [0.15, 0.2) is 0 Å². The molecule has 0 N–H and O–H groups in total. The quantitative estimate of drug-likeness (QED) is 0.470. The largest absolute Gasteiger partial charge is 0.373 e. The van der Waals surface area contributed by atoms with Crippen LogP contribution in [0.3, 0.4) is 0 Å². The number of amides is 2. The Labute approximate surface area is 126 Å². The Balaban J connectivity index is 1.72. The summed E-state index contributed by atoms with van der Waals surface area (Å²) in [5, 5.41) is 10.9. The van der Waals surface area contributed by atoms with Gasteiger partial charge < -0.3 is 4.74 Å². The fourth-order valence-electron chi connectivity index (χ4n) is 3.95. The third kappa shape index (κ3) is 1.60. The molecule has 0 aromatic heterocycles. The molecule has 1 aromatic rings. The number of nitro groups is 1. The van der Waals surface area contributed by atoms with Crippen LogP contribution in [0.2, 0.25) is 0 Å². The predicted molar refractivity (Wildman–Crippen MR) is 75.2 cm³/mol. The Kier molecular flexibility index (Phi) is 2.65. The van der Waals surface area contributed by atoms with Crippen molar-refractivity contribution in [1.82, 2.24) is 0 Å². The number of carbonyl (C=O) groups is 2. The number of nitro benzene ring substituents is 1. The minimum Gasteiger partial charge on any atom is -0.373 e. The first-order valence-corrected chi connectivity index (χ1v) is 7.27. The molecule has 4 atom stereocenters. The molecule has 0 saturated carbocycles. The number of hydrogen-bond donors (Lipinski definition) is 0. The topological polar surface area (TPSA) is 89.8 Å². The molecular weight excluding hydrogens is 288 g/mol. The minimum absolute atomic E-state index is 0.0218. The van der Waals surface area contributed by atoms with Crippen molar-refractivity contribution in [3.63, 3.8) is 0 Å². The van der Waals surface area contributed by atoms with E-state index >= 15 is 0 Å². The van der Waals surface area contributed by atoms with Gasteiger partial charge >= 0.3 is 0 Å². The molecule has 7 nitrogen and oxygen atoms in total. The Morgan fingerprint density at radius 2 is 1.77 bits per heavy atom. The van der Waals surface area contributed by atoms with Crippen molar-refractivity contribution in [2.45, 2.75) is 32.0 Å². The zero-order chi connectivity index (χ0) is 15.6. The van der Waals surface area contributed by atoms with Crippen molar-refractivity contribution >= 4 is 23.2 Å². The molecule has 0 spiro atoms. The number of benzene rings is 1. The third-order valence-corrected chi connectivity index (χ3v) is 4.92. The number of rotatable bonds is 2. The first kappa shape index (κ1) is 13.4. The molecule has 2 bridgehead atoms. The van der Waals surface area contributed by atoms with E-state index in [0.717, 1.165) is 12.8 Å². The van der Waals surface area contributed by atoms with E-state index in [1.54, 1.807) is 6.92 Å². The highest BCUT2D eigenvalue weighted by atomic mass is 16.6. The van der Waals surface area contributed by atoms with E-state index in [2.05, 4.69) is 0 Å². The molecule has 4 rings (SSSR count). The van der Waals surface area contributed by atoms with E-state index in [1.165, 1.54) is 23.1 Å². The molecule has 2 amide bonds. The van der Waals surface area contributed by atoms with Crippen LogP contribution >= 0.6 is 0 Å². The Morgan fingerprint density at radius 1 is 1.18 bits per heavy atom. The second-order valence-electron chi connectivity index (χ2n) is 6.08. The van der Waals surface area contributed by atoms with Gasteiger partial charge in [-0.25, -0.2) is 4.90 Å². The monoisotopic (exact) mass is 302 g/mol. The summed E-state index contributed by atoms with van der Waals surface area (Å²) in [4.78, 5) is 36.8. The van der Waals surface area contributed by atoms with Crippen molar-refractivity contribution in [1.29, 1.82) is 0 Å². The second-order valence-corrected chi connectivity index (χ2v) is 6.08. The molecule has 114 valence electrons. The number of imide groups is 1. The highest BCUT2D eigenvalue weighted by Crippen LogP contribution is 2.49. The summed E-state index contributed by atoms with van der Waals surface area (Å²) in [6.45, 7) is 1.60. The maximum atomic E-state index is 12.6. The molecule has 3 heterocycles. The van der Waals surface area contributed by atoms with Crippen LogP contribution in [0.5, 0.6) is 0 Å². The van der Waals surface area contributed by atoms with E-state index in [0.29, 0.717) is 11.3 Å². The second kappa shape index (κ2) is 4.36. The van der Waals surface area contributed by atoms with Crippen molar-refractivity contribution in [3.05, 3.63) is 33.9 Å². The highest BCUT2D eigenvalue weighted by Gasteiger charge is 2.62. The van der Waals surface area contributed by atoms with Crippen LogP contribution in [0, 0.1) is 28.9 Å². The normalized spacial score (nSPS) is 32.7. The molecule has 3 aliphatic rings. The lowest BCUT2D eigenvalue weighted by Gasteiger charge is -2.17. The van der Waals surface area contributed by atoms with Crippen molar-refractivity contribution < 1.29 is 19.2 Å². The molecule has 0 aliphatic carbocycles. The lowest BCUT2D eigenvalue weighted by atomic mass is 9.81. The van der Waals surface area contributed by atoms with Crippen molar-refractivity contribution in [2.75, 3.05) is 4.90 Å². The molecule has 3 fully saturated rings. The number of hydrogen-bond acceptors (Lipinski definition) is 5. The van der Waals surface area contributed by atoms with Crippen molar-refractivity contribution in [3.8, 4) is 0 Å². The van der Waals surface area contributed by atoms with E-state index in [-0.39, 0.29) is 41.5 Å². The summed E-state index contributed by atoms with van der Waals surface area (Å²) in [5.74, 6) is -1.26. The van der Waals surface area contributed by atoms with Gasteiger partial charge in [0.25, 0.3) is 5.69 Å². The van der Waals surface area contributed by atoms with Gasteiger partial charge in [0.2, 0.25) is 11.8 Å². The number of anilines is 1. The Hall–Kier alpha value is -2.28.